The fraction of sp³-hybridized carbons (Fsp3) is 0.250. The molecule has 3 rings (SSSR count). The zero-order chi connectivity index (χ0) is 19.3. The van der Waals surface area contributed by atoms with Crippen LogP contribution >= 0.6 is 23.5 Å². The molecule has 1 unspecified atom stereocenters. The summed E-state index contributed by atoms with van der Waals surface area (Å²) in [6.07, 6.45) is 2.89. The van der Waals surface area contributed by atoms with Crippen LogP contribution in [-0.2, 0) is 14.8 Å². The maximum Gasteiger partial charge on any atom is 0.264 e. The standard InChI is InChI=1S/C16H17N5O3S3/c1-11(26-16-19-9-10-25-16)14(22)20-12-3-5-13(6-4-12)27(23,24)21-15-17-7-2-8-18-15/h2-8,11H,9-10H2,1H3,(H,20,22)(H,17,18,21). The van der Waals surface area contributed by atoms with Crippen molar-refractivity contribution in [3.63, 3.8) is 0 Å². The fourth-order valence-corrected chi connectivity index (χ4v) is 5.17. The highest BCUT2D eigenvalue weighted by molar-refractivity contribution is 8.39. The van der Waals surface area contributed by atoms with E-state index in [9.17, 15) is 13.2 Å². The summed E-state index contributed by atoms with van der Waals surface area (Å²) in [6, 6.07) is 7.49. The minimum Gasteiger partial charge on any atom is -0.325 e. The lowest BCUT2D eigenvalue weighted by Gasteiger charge is -2.12. The molecule has 0 spiro atoms. The number of benzene rings is 1. The number of aromatic nitrogens is 2. The van der Waals surface area contributed by atoms with Crippen molar-refractivity contribution in [3.8, 4) is 0 Å². The molecule has 8 nitrogen and oxygen atoms in total. The van der Waals surface area contributed by atoms with Gasteiger partial charge in [0.15, 0.2) is 0 Å². The number of amides is 1. The average Bonchev–Trinajstić information content (AvgIpc) is 3.15. The van der Waals surface area contributed by atoms with Crippen molar-refractivity contribution in [2.24, 2.45) is 4.99 Å². The van der Waals surface area contributed by atoms with Crippen LogP contribution in [0, 0.1) is 0 Å². The molecule has 2 N–H and O–H groups in total. The molecule has 1 aliphatic heterocycles. The smallest absolute Gasteiger partial charge is 0.264 e. The number of sulfonamides is 1. The first kappa shape index (κ1) is 19.6. The Morgan fingerprint density at radius 2 is 1.93 bits per heavy atom. The van der Waals surface area contributed by atoms with Crippen LogP contribution in [0.15, 0.2) is 52.6 Å². The number of carbonyl (C=O) groups excluding carboxylic acids is 1. The first-order valence-corrected chi connectivity index (χ1v) is 11.3. The SMILES string of the molecule is CC(SC1=NCCS1)C(=O)Nc1ccc(S(=O)(=O)Nc2ncccn2)cc1. The van der Waals surface area contributed by atoms with Crippen LogP contribution in [0.5, 0.6) is 0 Å². The predicted octanol–water partition coefficient (Wildman–Crippen LogP) is 2.44. The molecule has 1 amide bonds. The summed E-state index contributed by atoms with van der Waals surface area (Å²) in [4.78, 5) is 24.3. The molecule has 0 saturated heterocycles. The number of carbonyl (C=O) groups is 1. The first-order chi connectivity index (χ1) is 12.9. The van der Waals surface area contributed by atoms with E-state index in [-0.39, 0.29) is 22.0 Å². The van der Waals surface area contributed by atoms with Crippen molar-refractivity contribution in [1.29, 1.82) is 0 Å². The highest BCUT2D eigenvalue weighted by Crippen LogP contribution is 2.26. The molecule has 1 aromatic heterocycles. The summed E-state index contributed by atoms with van der Waals surface area (Å²) in [5.74, 6) is 0.782. The Bertz CT molecular complexity index is 934. The van der Waals surface area contributed by atoms with Gasteiger partial charge in [-0.15, -0.1) is 0 Å². The second-order valence-electron chi connectivity index (χ2n) is 5.45. The van der Waals surface area contributed by atoms with Gasteiger partial charge in [0.2, 0.25) is 11.9 Å². The monoisotopic (exact) mass is 423 g/mol. The average molecular weight is 424 g/mol. The lowest BCUT2D eigenvalue weighted by atomic mass is 10.3. The zero-order valence-corrected chi connectivity index (χ0v) is 16.8. The van der Waals surface area contributed by atoms with Crippen LogP contribution in [0.2, 0.25) is 0 Å². The Kier molecular flexibility index (Phi) is 6.34. The number of aliphatic imine (C=N–C) groups is 1. The Balaban J connectivity index is 1.61. The van der Waals surface area contributed by atoms with E-state index in [0.717, 1.165) is 16.7 Å². The first-order valence-electron chi connectivity index (χ1n) is 7.99. The van der Waals surface area contributed by atoms with Gasteiger partial charge in [-0.3, -0.25) is 9.79 Å². The second kappa shape index (κ2) is 8.72. The summed E-state index contributed by atoms with van der Waals surface area (Å²) in [7, 11) is -3.80. The molecule has 1 aliphatic rings. The number of nitrogens with zero attached hydrogens (tertiary/aromatic N) is 3. The summed E-state index contributed by atoms with van der Waals surface area (Å²) < 4.78 is 27.9. The van der Waals surface area contributed by atoms with Gasteiger partial charge in [0, 0.05) is 23.8 Å². The highest BCUT2D eigenvalue weighted by atomic mass is 32.2. The molecule has 0 bridgehead atoms. The van der Waals surface area contributed by atoms with Gasteiger partial charge in [-0.2, -0.15) is 0 Å². The maximum atomic E-state index is 12.3. The molecule has 0 aliphatic carbocycles. The van der Waals surface area contributed by atoms with Crippen molar-refractivity contribution >= 4 is 55.5 Å². The topological polar surface area (TPSA) is 113 Å². The molecular formula is C16H17N5O3S3. The molecule has 0 radical (unpaired) electrons. The van der Waals surface area contributed by atoms with Gasteiger partial charge < -0.3 is 5.32 Å². The third-order valence-electron chi connectivity index (χ3n) is 3.43. The van der Waals surface area contributed by atoms with Gasteiger partial charge in [-0.1, -0.05) is 23.5 Å². The van der Waals surface area contributed by atoms with Crippen LogP contribution in [0.1, 0.15) is 6.92 Å². The number of anilines is 2. The predicted molar refractivity (Wildman–Crippen MR) is 110 cm³/mol. The molecule has 2 heterocycles. The highest BCUT2D eigenvalue weighted by Gasteiger charge is 2.20. The summed E-state index contributed by atoms with van der Waals surface area (Å²) in [5, 5.41) is 2.48. The summed E-state index contributed by atoms with van der Waals surface area (Å²) in [5.41, 5.74) is 0.517. The molecule has 0 fully saturated rings. The third kappa shape index (κ3) is 5.44. The van der Waals surface area contributed by atoms with E-state index in [1.165, 1.54) is 48.4 Å². The van der Waals surface area contributed by atoms with E-state index < -0.39 is 10.0 Å². The van der Waals surface area contributed by atoms with E-state index in [1.54, 1.807) is 17.8 Å². The van der Waals surface area contributed by atoms with Crippen LogP contribution in [0.4, 0.5) is 11.6 Å². The van der Waals surface area contributed by atoms with Gasteiger partial charge in [-0.05, 0) is 37.3 Å². The molecule has 27 heavy (non-hydrogen) atoms. The van der Waals surface area contributed by atoms with Gasteiger partial charge in [0.25, 0.3) is 10.0 Å². The largest absolute Gasteiger partial charge is 0.325 e. The minimum absolute atomic E-state index is 0.00609. The summed E-state index contributed by atoms with van der Waals surface area (Å²) >= 11 is 3.07. The molecule has 1 aromatic carbocycles. The van der Waals surface area contributed by atoms with Gasteiger partial charge in [0.1, 0.15) is 4.38 Å². The van der Waals surface area contributed by atoms with E-state index in [4.69, 9.17) is 0 Å². The van der Waals surface area contributed by atoms with Crippen molar-refractivity contribution < 1.29 is 13.2 Å². The molecule has 11 heteroatoms. The summed E-state index contributed by atoms with van der Waals surface area (Å²) in [6.45, 7) is 2.60. The van der Waals surface area contributed by atoms with E-state index in [0.29, 0.717) is 5.69 Å². The Hall–Kier alpha value is -2.11. The second-order valence-corrected chi connectivity index (χ2v) is 9.80. The fourth-order valence-electron chi connectivity index (χ4n) is 2.08. The van der Waals surface area contributed by atoms with Gasteiger partial charge in [-0.25, -0.2) is 23.1 Å². The third-order valence-corrected chi connectivity index (χ3v) is 7.08. The van der Waals surface area contributed by atoms with E-state index >= 15 is 0 Å². The van der Waals surface area contributed by atoms with Crippen LogP contribution in [0.3, 0.4) is 0 Å². The van der Waals surface area contributed by atoms with Gasteiger partial charge in [0.05, 0.1) is 16.7 Å². The van der Waals surface area contributed by atoms with Crippen molar-refractivity contribution in [2.75, 3.05) is 22.3 Å². The number of thioether (sulfide) groups is 2. The molecular weight excluding hydrogens is 406 g/mol. The van der Waals surface area contributed by atoms with Crippen LogP contribution < -0.4 is 10.0 Å². The Morgan fingerprint density at radius 3 is 2.56 bits per heavy atom. The van der Waals surface area contributed by atoms with Crippen LogP contribution in [-0.4, -0.2) is 46.2 Å². The van der Waals surface area contributed by atoms with Crippen molar-refractivity contribution in [3.05, 3.63) is 42.7 Å². The quantitative estimate of drug-likeness (QED) is 0.733. The molecule has 1 atom stereocenters. The molecule has 142 valence electrons. The normalized spacial score (nSPS) is 15.1. The number of hydrogen-bond donors (Lipinski definition) is 2. The lowest BCUT2D eigenvalue weighted by Crippen LogP contribution is -2.23. The number of nitrogens with one attached hydrogen (secondary N) is 2. The lowest BCUT2D eigenvalue weighted by molar-refractivity contribution is -0.115. The van der Waals surface area contributed by atoms with Crippen molar-refractivity contribution in [2.45, 2.75) is 17.1 Å². The van der Waals surface area contributed by atoms with Gasteiger partial charge >= 0.3 is 0 Å². The maximum absolute atomic E-state index is 12.3. The minimum atomic E-state index is -3.80. The molecule has 0 saturated carbocycles. The van der Waals surface area contributed by atoms with E-state index in [2.05, 4.69) is 25.0 Å². The number of hydrogen-bond acceptors (Lipinski definition) is 8. The van der Waals surface area contributed by atoms with Crippen molar-refractivity contribution in [1.82, 2.24) is 9.97 Å². The van der Waals surface area contributed by atoms with E-state index in [1.807, 2.05) is 6.92 Å². The Labute approximate surface area is 165 Å². The Morgan fingerprint density at radius 1 is 1.22 bits per heavy atom. The van der Waals surface area contributed by atoms with Crippen LogP contribution in [0.25, 0.3) is 0 Å². The number of rotatable bonds is 6. The molecule has 2 aromatic rings. The zero-order valence-electron chi connectivity index (χ0n) is 14.3.